The molecule has 0 bridgehead atoms. The number of halogens is 1. The summed E-state index contributed by atoms with van der Waals surface area (Å²) in [6, 6.07) is 8.83. The third-order valence-corrected chi connectivity index (χ3v) is 8.06. The monoisotopic (exact) mass is 520 g/mol. The molecule has 3 aromatic rings. The Bertz CT molecular complexity index is 1310. The summed E-state index contributed by atoms with van der Waals surface area (Å²) >= 11 is 0. The van der Waals surface area contributed by atoms with Gasteiger partial charge in [0.1, 0.15) is 5.82 Å². The van der Waals surface area contributed by atoms with E-state index >= 15 is 0 Å². The number of aryl methyl sites for hydroxylation is 1. The molecule has 1 amide bonds. The van der Waals surface area contributed by atoms with Crippen molar-refractivity contribution in [2.24, 2.45) is 5.92 Å². The zero-order valence-corrected chi connectivity index (χ0v) is 22.4. The van der Waals surface area contributed by atoms with Crippen molar-refractivity contribution in [1.29, 1.82) is 0 Å². The van der Waals surface area contributed by atoms with E-state index < -0.39 is 5.82 Å². The number of rotatable bonds is 9. The van der Waals surface area contributed by atoms with Crippen LogP contribution in [0.5, 0.6) is 0 Å². The van der Waals surface area contributed by atoms with Crippen LogP contribution >= 0.6 is 0 Å². The first-order valence-corrected chi connectivity index (χ1v) is 13.8. The van der Waals surface area contributed by atoms with Crippen molar-refractivity contribution in [3.05, 3.63) is 59.0 Å². The van der Waals surface area contributed by atoms with Gasteiger partial charge in [-0.25, -0.2) is 4.39 Å². The molecule has 3 heterocycles. The van der Waals surface area contributed by atoms with Gasteiger partial charge in [0.15, 0.2) is 5.78 Å². The number of ketones is 1. The van der Waals surface area contributed by atoms with Gasteiger partial charge >= 0.3 is 0 Å². The van der Waals surface area contributed by atoms with Crippen LogP contribution in [0.3, 0.4) is 0 Å². The molecule has 2 fully saturated rings. The Labute approximate surface area is 223 Å². The molecule has 38 heavy (non-hydrogen) atoms. The van der Waals surface area contributed by atoms with Crippen LogP contribution in [-0.2, 0) is 11.3 Å². The van der Waals surface area contributed by atoms with Crippen LogP contribution in [0.15, 0.2) is 36.5 Å². The summed E-state index contributed by atoms with van der Waals surface area (Å²) in [5.74, 6) is -0.145. The average molecular weight is 521 g/mol. The molecular weight excluding hydrogens is 483 g/mol. The predicted octanol–water partition coefficient (Wildman–Crippen LogP) is 5.25. The third kappa shape index (κ3) is 5.60. The number of nitrogens with zero attached hydrogens (tertiary/aromatic N) is 4. The van der Waals surface area contributed by atoms with Crippen LogP contribution < -0.4 is 4.90 Å². The Morgan fingerprint density at radius 2 is 1.79 bits per heavy atom. The molecule has 0 atom stereocenters. The zero-order valence-electron chi connectivity index (χ0n) is 22.4. The van der Waals surface area contributed by atoms with Crippen LogP contribution in [0.2, 0.25) is 0 Å². The number of Topliss-reactive ketones (excluding diaryl/α,β-unsaturated/α-hetero) is 1. The van der Waals surface area contributed by atoms with Crippen LogP contribution in [0.25, 0.3) is 10.9 Å². The third-order valence-electron chi connectivity index (χ3n) is 8.06. The molecule has 2 aromatic carbocycles. The van der Waals surface area contributed by atoms with Gasteiger partial charge < -0.3 is 14.5 Å². The van der Waals surface area contributed by atoms with Gasteiger partial charge in [-0.3, -0.25) is 14.3 Å². The molecule has 8 heteroatoms. The van der Waals surface area contributed by atoms with Gasteiger partial charge in [0, 0.05) is 75.7 Å². The first kappa shape index (κ1) is 26.4. The molecule has 0 radical (unpaired) electrons. The minimum atomic E-state index is -0.434. The number of carbonyl (C=O) groups excluding carboxylic acids is 2. The molecule has 0 spiro atoms. The number of amides is 1. The lowest BCUT2D eigenvalue weighted by Gasteiger charge is -2.32. The van der Waals surface area contributed by atoms with Crippen molar-refractivity contribution >= 4 is 28.3 Å². The summed E-state index contributed by atoms with van der Waals surface area (Å²) in [4.78, 5) is 29.7. The lowest BCUT2D eigenvalue weighted by atomic mass is 9.96. The Kier molecular flexibility index (Phi) is 8.07. The van der Waals surface area contributed by atoms with Gasteiger partial charge in [-0.2, -0.15) is 5.10 Å². The van der Waals surface area contributed by atoms with Crippen LogP contribution in [0.1, 0.15) is 64.8 Å². The quantitative estimate of drug-likeness (QED) is 0.285. The normalized spacial score (nSPS) is 16.5. The standard InChI is InChI=1S/C30H37FN4O3/c1-21-24(29(36)6-5-17-38-2)9-10-28-26(21)20-35(32-28)19-22-11-15-34(16-12-22)30(37)25-8-7-23(18-27(25)31)33-13-3-4-14-33/h7-10,18,20,22H,3-6,11-17,19H2,1-2H3. The number of benzene rings is 2. The number of likely N-dealkylation sites (tertiary alicyclic amines) is 1. The lowest BCUT2D eigenvalue weighted by molar-refractivity contribution is 0.0676. The second-order valence-corrected chi connectivity index (χ2v) is 10.6. The van der Waals surface area contributed by atoms with Crippen LogP contribution in [0, 0.1) is 18.7 Å². The SMILES string of the molecule is COCCCC(=O)c1ccc2nn(CC3CCN(C(=O)c4ccc(N5CCCC5)cc4F)CC3)cc2c1C. The maximum atomic E-state index is 14.9. The molecular formula is C30H37FN4O3. The summed E-state index contributed by atoms with van der Waals surface area (Å²) in [6.45, 7) is 6.42. The van der Waals surface area contributed by atoms with E-state index in [0.29, 0.717) is 38.5 Å². The minimum absolute atomic E-state index is 0.133. The van der Waals surface area contributed by atoms with Crippen LogP contribution in [-0.4, -0.2) is 66.3 Å². The number of ether oxygens (including phenoxy) is 1. The van der Waals surface area contributed by atoms with E-state index in [1.54, 1.807) is 18.1 Å². The van der Waals surface area contributed by atoms with E-state index in [0.717, 1.165) is 73.0 Å². The summed E-state index contributed by atoms with van der Waals surface area (Å²) < 4.78 is 21.9. The fourth-order valence-electron chi connectivity index (χ4n) is 5.79. The topological polar surface area (TPSA) is 67.7 Å². The van der Waals surface area contributed by atoms with Crippen molar-refractivity contribution < 1.29 is 18.7 Å². The number of hydrogen-bond acceptors (Lipinski definition) is 5. The van der Waals surface area contributed by atoms with Crippen molar-refractivity contribution in [2.75, 3.05) is 44.8 Å². The Hall–Kier alpha value is -3.26. The highest BCUT2D eigenvalue weighted by Gasteiger charge is 2.26. The number of methoxy groups -OCH3 is 1. The molecule has 0 aliphatic carbocycles. The predicted molar refractivity (Wildman–Crippen MR) is 146 cm³/mol. The van der Waals surface area contributed by atoms with Gasteiger partial charge in [0.05, 0.1) is 11.1 Å². The van der Waals surface area contributed by atoms with Gasteiger partial charge in [-0.05, 0) is 80.8 Å². The van der Waals surface area contributed by atoms with E-state index in [1.807, 2.05) is 36.0 Å². The highest BCUT2D eigenvalue weighted by molar-refractivity contribution is 6.01. The number of anilines is 1. The van der Waals surface area contributed by atoms with E-state index in [2.05, 4.69) is 4.90 Å². The second-order valence-electron chi connectivity index (χ2n) is 10.6. The summed E-state index contributed by atoms with van der Waals surface area (Å²) in [5, 5.41) is 5.75. The summed E-state index contributed by atoms with van der Waals surface area (Å²) in [7, 11) is 1.64. The van der Waals surface area contributed by atoms with E-state index in [-0.39, 0.29) is 17.3 Å². The zero-order chi connectivity index (χ0) is 26.6. The highest BCUT2D eigenvalue weighted by atomic mass is 19.1. The molecule has 7 nitrogen and oxygen atoms in total. The van der Waals surface area contributed by atoms with E-state index in [9.17, 15) is 14.0 Å². The largest absolute Gasteiger partial charge is 0.385 e. The summed E-state index contributed by atoms with van der Waals surface area (Å²) in [5.41, 5.74) is 3.62. The fraction of sp³-hybridized carbons (Fsp3) is 0.500. The lowest BCUT2D eigenvalue weighted by Crippen LogP contribution is -2.39. The van der Waals surface area contributed by atoms with Gasteiger partial charge in [0.25, 0.3) is 5.91 Å². The molecule has 1 aromatic heterocycles. The Morgan fingerprint density at radius 1 is 1.05 bits per heavy atom. The first-order chi connectivity index (χ1) is 18.4. The second kappa shape index (κ2) is 11.6. The van der Waals surface area contributed by atoms with Crippen LogP contribution in [0.4, 0.5) is 10.1 Å². The number of aromatic nitrogens is 2. The van der Waals surface area contributed by atoms with Crippen molar-refractivity contribution in [3.63, 3.8) is 0 Å². The molecule has 2 aliphatic rings. The fourth-order valence-corrected chi connectivity index (χ4v) is 5.79. The average Bonchev–Trinajstić information content (AvgIpc) is 3.60. The molecule has 2 aliphatic heterocycles. The number of carbonyl (C=O) groups is 2. The smallest absolute Gasteiger partial charge is 0.256 e. The van der Waals surface area contributed by atoms with E-state index in [4.69, 9.17) is 9.84 Å². The van der Waals surface area contributed by atoms with Crippen molar-refractivity contribution in [3.8, 4) is 0 Å². The Balaban J connectivity index is 1.18. The highest BCUT2D eigenvalue weighted by Crippen LogP contribution is 2.27. The minimum Gasteiger partial charge on any atom is -0.385 e. The number of piperidine rings is 1. The molecule has 0 saturated carbocycles. The first-order valence-electron chi connectivity index (χ1n) is 13.8. The van der Waals surface area contributed by atoms with Gasteiger partial charge in [-0.1, -0.05) is 0 Å². The van der Waals surface area contributed by atoms with Crippen molar-refractivity contribution in [1.82, 2.24) is 14.7 Å². The van der Waals surface area contributed by atoms with Gasteiger partial charge in [-0.15, -0.1) is 0 Å². The number of fused-ring (bicyclic) bond motifs is 1. The molecule has 2 saturated heterocycles. The van der Waals surface area contributed by atoms with Gasteiger partial charge in [0.2, 0.25) is 0 Å². The number of hydrogen-bond donors (Lipinski definition) is 0. The molecule has 0 unspecified atom stereocenters. The Morgan fingerprint density at radius 3 is 2.50 bits per heavy atom. The van der Waals surface area contributed by atoms with Crippen molar-refractivity contribution in [2.45, 2.75) is 52.0 Å². The maximum Gasteiger partial charge on any atom is 0.256 e. The molecule has 202 valence electrons. The summed E-state index contributed by atoms with van der Waals surface area (Å²) in [6.07, 6.45) is 7.16. The molecule has 0 N–H and O–H groups in total. The maximum absolute atomic E-state index is 14.9. The van der Waals surface area contributed by atoms with E-state index in [1.165, 1.54) is 6.07 Å². The molecule has 5 rings (SSSR count).